The normalized spacial score (nSPS) is 22.1. The zero-order chi connectivity index (χ0) is 14.4. The van der Waals surface area contributed by atoms with Crippen molar-refractivity contribution in [1.29, 1.82) is 0 Å². The number of rotatable bonds is 5. The predicted octanol–water partition coefficient (Wildman–Crippen LogP) is 1.69. The van der Waals surface area contributed by atoms with Gasteiger partial charge in [0.15, 0.2) is 0 Å². The Morgan fingerprint density at radius 1 is 1.53 bits per heavy atom. The van der Waals surface area contributed by atoms with E-state index in [1.807, 2.05) is 13.8 Å². The summed E-state index contributed by atoms with van der Waals surface area (Å²) in [5.74, 6) is 1.93. The van der Waals surface area contributed by atoms with Crippen molar-refractivity contribution >= 4 is 23.8 Å². The summed E-state index contributed by atoms with van der Waals surface area (Å²) in [5.41, 5.74) is 0. The van der Waals surface area contributed by atoms with E-state index in [9.17, 15) is 14.7 Å². The molecule has 6 heteroatoms. The zero-order valence-corrected chi connectivity index (χ0v) is 12.2. The number of hydrogen-bond acceptors (Lipinski definition) is 3. The maximum atomic E-state index is 12.4. The Bertz CT molecular complexity index is 381. The molecule has 2 unspecified atom stereocenters. The fourth-order valence-electron chi connectivity index (χ4n) is 2.07. The van der Waals surface area contributed by atoms with Crippen molar-refractivity contribution in [1.82, 2.24) is 9.80 Å². The summed E-state index contributed by atoms with van der Waals surface area (Å²) in [6, 6.07) is -1.02. The first kappa shape index (κ1) is 15.7. The number of carbonyl (C=O) groups is 2. The van der Waals surface area contributed by atoms with Crippen molar-refractivity contribution in [3.8, 4) is 12.3 Å². The van der Waals surface area contributed by atoms with Gasteiger partial charge in [0.2, 0.25) is 0 Å². The molecule has 0 saturated carbocycles. The third-order valence-electron chi connectivity index (χ3n) is 3.07. The first-order valence-corrected chi connectivity index (χ1v) is 7.46. The third-order valence-corrected chi connectivity index (χ3v) is 4.42. The molecule has 1 aliphatic heterocycles. The SMILES string of the molecule is C#CCN(CC)C(=O)N1C(CCC)SCC1C(=O)O. The zero-order valence-electron chi connectivity index (χ0n) is 11.3. The lowest BCUT2D eigenvalue weighted by Gasteiger charge is -2.32. The van der Waals surface area contributed by atoms with Crippen molar-refractivity contribution < 1.29 is 14.7 Å². The van der Waals surface area contributed by atoms with Crippen LogP contribution in [0.15, 0.2) is 0 Å². The van der Waals surface area contributed by atoms with Crippen molar-refractivity contribution in [3.05, 3.63) is 0 Å². The fraction of sp³-hybridized carbons (Fsp3) is 0.692. The van der Waals surface area contributed by atoms with E-state index in [0.29, 0.717) is 12.3 Å². The highest BCUT2D eigenvalue weighted by molar-refractivity contribution is 8.00. The number of carboxylic acid groups (broad SMARTS) is 1. The molecule has 1 rings (SSSR count). The average Bonchev–Trinajstić information content (AvgIpc) is 2.79. The molecule has 2 amide bonds. The number of carboxylic acids is 1. The summed E-state index contributed by atoms with van der Waals surface area (Å²) < 4.78 is 0. The van der Waals surface area contributed by atoms with E-state index in [1.165, 1.54) is 21.6 Å². The first-order valence-electron chi connectivity index (χ1n) is 6.41. The highest BCUT2D eigenvalue weighted by Crippen LogP contribution is 2.33. The Kier molecular flexibility index (Phi) is 6.03. The van der Waals surface area contributed by atoms with Crippen LogP contribution in [0.3, 0.4) is 0 Å². The summed E-state index contributed by atoms with van der Waals surface area (Å²) >= 11 is 1.53. The van der Waals surface area contributed by atoms with Gasteiger partial charge in [0.05, 0.1) is 11.9 Å². The van der Waals surface area contributed by atoms with E-state index in [1.54, 1.807) is 0 Å². The summed E-state index contributed by atoms with van der Waals surface area (Å²) in [7, 11) is 0. The van der Waals surface area contributed by atoms with E-state index < -0.39 is 12.0 Å². The number of terminal acetylenes is 1. The number of carbonyl (C=O) groups excluding carboxylic acids is 1. The lowest BCUT2D eigenvalue weighted by atomic mass is 10.2. The van der Waals surface area contributed by atoms with E-state index in [4.69, 9.17) is 6.42 Å². The summed E-state index contributed by atoms with van der Waals surface area (Å²) in [6.07, 6.45) is 6.96. The van der Waals surface area contributed by atoms with Crippen LogP contribution in [0.25, 0.3) is 0 Å². The molecule has 1 aliphatic rings. The van der Waals surface area contributed by atoms with Gasteiger partial charge in [0.25, 0.3) is 0 Å². The maximum absolute atomic E-state index is 12.4. The number of urea groups is 1. The topological polar surface area (TPSA) is 60.9 Å². The molecule has 1 fully saturated rings. The molecule has 1 N–H and O–H groups in total. The molecule has 106 valence electrons. The van der Waals surface area contributed by atoms with Crippen molar-refractivity contribution in [2.45, 2.75) is 38.1 Å². The second kappa shape index (κ2) is 7.29. The van der Waals surface area contributed by atoms with Crippen LogP contribution in [-0.4, -0.2) is 57.2 Å². The largest absolute Gasteiger partial charge is 0.480 e. The van der Waals surface area contributed by atoms with Crippen LogP contribution in [0.5, 0.6) is 0 Å². The van der Waals surface area contributed by atoms with Gasteiger partial charge in [-0.15, -0.1) is 18.2 Å². The van der Waals surface area contributed by atoms with Gasteiger partial charge in [-0.3, -0.25) is 4.90 Å². The quantitative estimate of drug-likeness (QED) is 0.780. The molecule has 19 heavy (non-hydrogen) atoms. The highest BCUT2D eigenvalue weighted by atomic mass is 32.2. The number of nitrogens with zero attached hydrogens (tertiary/aromatic N) is 2. The predicted molar refractivity (Wildman–Crippen MR) is 75.9 cm³/mol. The van der Waals surface area contributed by atoms with Crippen LogP contribution < -0.4 is 0 Å². The lowest BCUT2D eigenvalue weighted by Crippen LogP contribution is -2.51. The average molecular weight is 284 g/mol. The number of amides is 2. The summed E-state index contributed by atoms with van der Waals surface area (Å²) in [5, 5.41) is 9.17. The maximum Gasteiger partial charge on any atom is 0.327 e. The lowest BCUT2D eigenvalue weighted by molar-refractivity contribution is -0.141. The molecule has 0 aromatic rings. The number of hydrogen-bond donors (Lipinski definition) is 1. The van der Waals surface area contributed by atoms with Crippen LogP contribution >= 0.6 is 11.8 Å². The molecule has 1 heterocycles. The van der Waals surface area contributed by atoms with Crippen LogP contribution in [0.4, 0.5) is 4.79 Å². The van der Waals surface area contributed by atoms with E-state index in [-0.39, 0.29) is 17.9 Å². The minimum Gasteiger partial charge on any atom is -0.480 e. The molecule has 0 radical (unpaired) electrons. The second-order valence-electron chi connectivity index (χ2n) is 4.34. The molecular weight excluding hydrogens is 264 g/mol. The van der Waals surface area contributed by atoms with Gasteiger partial charge < -0.3 is 10.0 Å². The van der Waals surface area contributed by atoms with Crippen LogP contribution in [0, 0.1) is 12.3 Å². The molecule has 0 aromatic carbocycles. The highest BCUT2D eigenvalue weighted by Gasteiger charge is 2.42. The van der Waals surface area contributed by atoms with E-state index >= 15 is 0 Å². The Hall–Kier alpha value is -1.35. The number of aliphatic carboxylic acids is 1. The Morgan fingerprint density at radius 2 is 2.21 bits per heavy atom. The van der Waals surface area contributed by atoms with Crippen molar-refractivity contribution in [2.75, 3.05) is 18.8 Å². The standard InChI is InChI=1S/C13H20N2O3S/c1-4-7-11-15(10(9-19-11)12(16)17)13(18)14(6-3)8-5-2/h2,10-11H,4,6-9H2,1,3H3,(H,16,17). The Morgan fingerprint density at radius 3 is 2.68 bits per heavy atom. The third kappa shape index (κ3) is 3.57. The smallest absolute Gasteiger partial charge is 0.327 e. The van der Waals surface area contributed by atoms with Gasteiger partial charge >= 0.3 is 12.0 Å². The van der Waals surface area contributed by atoms with Gasteiger partial charge in [-0.2, -0.15) is 0 Å². The van der Waals surface area contributed by atoms with Crippen LogP contribution in [0.2, 0.25) is 0 Å². The van der Waals surface area contributed by atoms with Gasteiger partial charge in [-0.05, 0) is 13.3 Å². The monoisotopic (exact) mass is 284 g/mol. The minimum absolute atomic E-state index is 0.0644. The van der Waals surface area contributed by atoms with Crippen LogP contribution in [-0.2, 0) is 4.79 Å². The number of thioether (sulfide) groups is 1. The minimum atomic E-state index is -0.948. The van der Waals surface area contributed by atoms with Crippen molar-refractivity contribution in [2.24, 2.45) is 0 Å². The molecular formula is C13H20N2O3S. The van der Waals surface area contributed by atoms with Gasteiger partial charge in [-0.1, -0.05) is 19.3 Å². The van der Waals surface area contributed by atoms with Crippen molar-refractivity contribution in [3.63, 3.8) is 0 Å². The Balaban J connectivity index is 2.91. The van der Waals surface area contributed by atoms with Gasteiger partial charge in [-0.25, -0.2) is 9.59 Å². The summed E-state index contributed by atoms with van der Waals surface area (Å²) in [4.78, 5) is 26.7. The molecule has 0 aromatic heterocycles. The molecule has 2 atom stereocenters. The molecule has 1 saturated heterocycles. The van der Waals surface area contributed by atoms with Gasteiger partial charge in [0, 0.05) is 12.3 Å². The second-order valence-corrected chi connectivity index (χ2v) is 5.55. The first-order chi connectivity index (χ1) is 9.06. The Labute approximate surface area is 118 Å². The molecule has 0 spiro atoms. The molecule has 0 bridgehead atoms. The van der Waals surface area contributed by atoms with Gasteiger partial charge in [0.1, 0.15) is 6.04 Å². The molecule has 0 aliphatic carbocycles. The summed E-state index contributed by atoms with van der Waals surface area (Å²) in [6.45, 7) is 4.55. The molecule has 5 nitrogen and oxygen atoms in total. The fourth-order valence-corrected chi connectivity index (χ4v) is 3.58. The van der Waals surface area contributed by atoms with E-state index in [2.05, 4.69) is 5.92 Å². The van der Waals surface area contributed by atoms with Crippen LogP contribution in [0.1, 0.15) is 26.7 Å². The van der Waals surface area contributed by atoms with E-state index in [0.717, 1.165) is 12.8 Å².